The highest BCUT2D eigenvalue weighted by Crippen LogP contribution is 2.46. The number of nitro benzene ring substituents is 1. The van der Waals surface area contributed by atoms with Crippen molar-refractivity contribution in [1.29, 1.82) is 0 Å². The van der Waals surface area contributed by atoms with Crippen LogP contribution in [0.2, 0.25) is 15.1 Å². The van der Waals surface area contributed by atoms with Gasteiger partial charge in [0.1, 0.15) is 9.97 Å². The van der Waals surface area contributed by atoms with Crippen molar-refractivity contribution in [1.82, 2.24) is 4.98 Å². The fourth-order valence-electron chi connectivity index (χ4n) is 4.16. The number of thiazole rings is 1. The van der Waals surface area contributed by atoms with Crippen molar-refractivity contribution in [3.63, 3.8) is 0 Å². The molecule has 1 aromatic heterocycles. The number of aliphatic hydroxyl groups excluding tert-OH is 1. The molecule has 0 aliphatic carbocycles. The first-order valence-corrected chi connectivity index (χ1v) is 14.8. The number of carbonyl (C=O) groups excluding carboxylic acids is 2. The second-order valence-corrected chi connectivity index (χ2v) is 13.0. The quantitative estimate of drug-likeness (QED) is 0.0821. The highest BCUT2D eigenvalue weighted by Gasteiger charge is 2.49. The third kappa shape index (κ3) is 5.20. The average Bonchev–Trinajstić information content (AvgIpc) is 3.52. The predicted molar refractivity (Wildman–Crippen MR) is 153 cm³/mol. The first-order chi connectivity index (χ1) is 19.4. The van der Waals surface area contributed by atoms with Crippen molar-refractivity contribution in [3.05, 3.63) is 115 Å². The van der Waals surface area contributed by atoms with E-state index in [0.29, 0.717) is 16.4 Å². The number of aromatic nitrogens is 1. The maximum atomic E-state index is 13.4. The molecule has 10 nitrogen and oxygen atoms in total. The number of Topliss-reactive ketones (excluding diaryl/α,β-unsaturated/α-hetero) is 1. The molecule has 15 heteroatoms. The third-order valence-corrected chi connectivity index (χ3v) is 10.2. The number of halogens is 3. The van der Waals surface area contributed by atoms with Crippen LogP contribution in [0.5, 0.6) is 0 Å². The summed E-state index contributed by atoms with van der Waals surface area (Å²) in [6.45, 7) is 0. The Labute approximate surface area is 251 Å². The van der Waals surface area contributed by atoms with Crippen LogP contribution in [0.15, 0.2) is 87.6 Å². The Morgan fingerprint density at radius 2 is 1.61 bits per heavy atom. The van der Waals surface area contributed by atoms with Gasteiger partial charge in [0.2, 0.25) is 9.84 Å². The molecule has 2 heterocycles. The van der Waals surface area contributed by atoms with Gasteiger partial charge in [-0.2, -0.15) is 0 Å². The number of carbonyl (C=O) groups is 2. The van der Waals surface area contributed by atoms with E-state index >= 15 is 0 Å². The second kappa shape index (κ2) is 10.9. The topological polar surface area (TPSA) is 148 Å². The summed E-state index contributed by atoms with van der Waals surface area (Å²) in [5, 5.41) is 22.7. The monoisotopic (exact) mass is 649 g/mol. The molecule has 1 amide bonds. The van der Waals surface area contributed by atoms with Gasteiger partial charge in [0.05, 0.1) is 27.6 Å². The minimum Gasteiger partial charge on any atom is -0.507 e. The van der Waals surface area contributed by atoms with Crippen molar-refractivity contribution in [2.24, 2.45) is 0 Å². The van der Waals surface area contributed by atoms with E-state index in [0.717, 1.165) is 35.4 Å². The molecule has 0 bridgehead atoms. The summed E-state index contributed by atoms with van der Waals surface area (Å²) in [4.78, 5) is 41.9. The molecule has 208 valence electrons. The number of ketones is 1. The number of sulfone groups is 1. The molecular formula is C26H14Cl3N3O7S2. The molecule has 1 N–H and O–H groups in total. The van der Waals surface area contributed by atoms with Gasteiger partial charge in [-0.3, -0.25) is 24.6 Å². The smallest absolute Gasteiger partial charge is 0.301 e. The summed E-state index contributed by atoms with van der Waals surface area (Å²) in [7, 11) is -4.20. The van der Waals surface area contributed by atoms with Gasteiger partial charge in [-0.25, -0.2) is 13.4 Å². The van der Waals surface area contributed by atoms with Crippen LogP contribution in [-0.2, 0) is 19.4 Å². The summed E-state index contributed by atoms with van der Waals surface area (Å²) in [6.07, 6.45) is 1.01. The molecule has 1 aliphatic heterocycles. The van der Waals surface area contributed by atoms with E-state index in [4.69, 9.17) is 34.8 Å². The van der Waals surface area contributed by atoms with Crippen LogP contribution in [0, 0.1) is 10.1 Å². The summed E-state index contributed by atoms with van der Waals surface area (Å²) in [5.74, 6) is -2.64. The van der Waals surface area contributed by atoms with E-state index in [1.165, 1.54) is 42.5 Å². The van der Waals surface area contributed by atoms with Gasteiger partial charge in [0, 0.05) is 32.8 Å². The minimum atomic E-state index is -4.20. The molecule has 3 aromatic carbocycles. The number of amides is 1. The van der Waals surface area contributed by atoms with Crippen LogP contribution in [0.1, 0.15) is 17.2 Å². The fraction of sp³-hybridized carbons (Fsp3) is 0.0385. The molecule has 1 aliphatic rings. The van der Waals surface area contributed by atoms with Crippen LogP contribution < -0.4 is 4.90 Å². The number of non-ortho nitro benzene ring substituents is 1. The Balaban J connectivity index is 1.65. The lowest BCUT2D eigenvalue weighted by Crippen LogP contribution is -2.29. The zero-order chi connectivity index (χ0) is 29.6. The van der Waals surface area contributed by atoms with E-state index in [1.807, 2.05) is 0 Å². The minimum absolute atomic E-state index is 0.0756. The number of anilines is 1. The van der Waals surface area contributed by atoms with Gasteiger partial charge in [-0.05, 0) is 54.1 Å². The number of hydrogen-bond donors (Lipinski definition) is 1. The van der Waals surface area contributed by atoms with Crippen molar-refractivity contribution in [3.8, 4) is 0 Å². The summed E-state index contributed by atoms with van der Waals surface area (Å²) in [5.41, 5.74) is -0.182. The van der Waals surface area contributed by atoms with Gasteiger partial charge in [0.15, 0.2) is 5.13 Å². The maximum Gasteiger partial charge on any atom is 0.301 e. The fourth-order valence-corrected chi connectivity index (χ4v) is 7.34. The molecule has 4 aromatic rings. The molecule has 0 saturated carbocycles. The lowest BCUT2D eigenvalue weighted by Gasteiger charge is -2.24. The van der Waals surface area contributed by atoms with Crippen molar-refractivity contribution < 1.29 is 28.0 Å². The Kier molecular flexibility index (Phi) is 7.62. The molecule has 1 fully saturated rings. The van der Waals surface area contributed by atoms with E-state index in [9.17, 15) is 33.2 Å². The lowest BCUT2D eigenvalue weighted by atomic mass is 9.95. The van der Waals surface area contributed by atoms with Crippen LogP contribution in [0.3, 0.4) is 0 Å². The second-order valence-electron chi connectivity index (χ2n) is 8.56. The first kappa shape index (κ1) is 28.7. The lowest BCUT2D eigenvalue weighted by molar-refractivity contribution is -0.384. The average molecular weight is 651 g/mol. The highest BCUT2D eigenvalue weighted by atomic mass is 35.5. The summed E-state index contributed by atoms with van der Waals surface area (Å²) >= 11 is 19.1. The van der Waals surface area contributed by atoms with Crippen molar-refractivity contribution in [2.75, 3.05) is 4.90 Å². The molecule has 1 atom stereocenters. The predicted octanol–water partition coefficient (Wildman–Crippen LogP) is 6.47. The van der Waals surface area contributed by atoms with Gasteiger partial charge in [0.25, 0.3) is 11.5 Å². The van der Waals surface area contributed by atoms with Crippen LogP contribution >= 0.6 is 46.1 Å². The zero-order valence-electron chi connectivity index (χ0n) is 20.2. The van der Waals surface area contributed by atoms with Gasteiger partial charge in [-0.15, -0.1) is 0 Å². The number of benzene rings is 3. The van der Waals surface area contributed by atoms with Crippen molar-refractivity contribution in [2.45, 2.75) is 15.1 Å². The number of hydrogen-bond acceptors (Lipinski definition) is 9. The van der Waals surface area contributed by atoms with E-state index in [2.05, 4.69) is 4.98 Å². The molecule has 0 spiro atoms. The number of nitro groups is 1. The van der Waals surface area contributed by atoms with Gasteiger partial charge in [-0.1, -0.05) is 52.2 Å². The summed E-state index contributed by atoms with van der Waals surface area (Å²) in [6, 6.07) is 13.2. The van der Waals surface area contributed by atoms with E-state index in [1.54, 1.807) is 0 Å². The van der Waals surface area contributed by atoms with Crippen LogP contribution in [-0.4, -0.2) is 35.1 Å². The third-order valence-electron chi connectivity index (χ3n) is 6.12. The largest absolute Gasteiger partial charge is 0.507 e. The Hall–Kier alpha value is -3.81. The van der Waals surface area contributed by atoms with Crippen LogP contribution in [0.25, 0.3) is 5.76 Å². The Morgan fingerprint density at radius 1 is 0.976 bits per heavy atom. The molecule has 1 unspecified atom stereocenters. The number of rotatable bonds is 6. The first-order valence-electron chi connectivity index (χ1n) is 11.4. The SMILES string of the molecule is O=C1C(=O)N(c2ncc(S(=O)(=O)c3ccc([N+](=O)[O-])cc3)s2)C(c2ccc(Cl)cc2Cl)/C1=C(\O)c1ccc(Cl)cc1. The molecule has 5 rings (SSSR count). The van der Waals surface area contributed by atoms with Crippen LogP contribution in [0.4, 0.5) is 10.8 Å². The normalized spacial score (nSPS) is 16.8. The van der Waals surface area contributed by atoms with Crippen molar-refractivity contribution >= 4 is 84.2 Å². The van der Waals surface area contributed by atoms with E-state index < -0.39 is 38.3 Å². The Morgan fingerprint density at radius 3 is 2.22 bits per heavy atom. The van der Waals surface area contributed by atoms with Gasteiger partial charge >= 0.3 is 5.91 Å². The standard InChI is InChI=1S/C26H14Cl3N3O7S2/c27-14-3-1-13(2-4-14)23(33)21-22(18-10-5-15(28)11-19(18)29)31(25(35)24(21)34)26-30-12-20(40-26)41(38,39)17-8-6-16(7-9-17)32(36)37/h1-12,22,33H/b23-21+. The van der Waals surface area contributed by atoms with Gasteiger partial charge < -0.3 is 5.11 Å². The molecular weight excluding hydrogens is 637 g/mol. The summed E-state index contributed by atoms with van der Waals surface area (Å²) < 4.78 is 26.2. The molecule has 41 heavy (non-hydrogen) atoms. The molecule has 0 radical (unpaired) electrons. The molecule has 1 saturated heterocycles. The Bertz CT molecular complexity index is 1870. The number of nitrogens with zero attached hydrogens (tertiary/aromatic N) is 3. The highest BCUT2D eigenvalue weighted by molar-refractivity contribution is 7.93. The number of aliphatic hydroxyl groups is 1. The van der Waals surface area contributed by atoms with E-state index in [-0.39, 0.29) is 46.7 Å². The maximum absolute atomic E-state index is 13.4. The zero-order valence-corrected chi connectivity index (χ0v) is 24.1.